The van der Waals surface area contributed by atoms with Crippen molar-refractivity contribution in [3.63, 3.8) is 0 Å². The predicted octanol–water partition coefficient (Wildman–Crippen LogP) is 17.5. The molecule has 0 spiro atoms. The molecule has 20 nitrogen and oxygen atoms in total. The van der Waals surface area contributed by atoms with Gasteiger partial charge in [0.1, 0.15) is 56.0 Å². The Morgan fingerprint density at radius 1 is 0.283 bits per heavy atom. The lowest BCUT2D eigenvalue weighted by Gasteiger charge is -2.13. The second kappa shape index (κ2) is 27.0. The summed E-state index contributed by atoms with van der Waals surface area (Å²) in [4.78, 5) is 17.3. The number of aromatic nitrogens is 10. The van der Waals surface area contributed by atoms with Crippen LogP contribution in [-0.4, -0.2) is 23.4 Å². The molecule has 5 aliphatic heterocycles. The molecule has 0 aliphatic carbocycles. The summed E-state index contributed by atoms with van der Waals surface area (Å²) < 4.78 is 21.5. The van der Waals surface area contributed by atoms with Crippen LogP contribution in [0.15, 0.2) is 134 Å². The molecule has 20 heteroatoms. The molecule has 15 aromatic rings. The number of nitrogens with zero attached hydrogens (tertiary/aromatic N) is 20. The molecule has 0 fully saturated rings. The standard InChI is InChI=1S/C20H17N4.C19H15N4.3C18H13N4/c1-11-12(2)14(4)20-16(13(11)3)9-23-10-17-15(8-21)18(22-5)6-7-19(17)24(20)23;1-11-7-14-9-22-10-16-15(8-20)17(21-4)5-6-18(16)23(22)19(14)13(3)12(11)2;1-11-6-12(2)14-9-21-10-15-13(8-19)16(20-3)4-5-17(15)22(21)18(14)7-11;1-11-6-12(2)18-13(7-11)9-21-10-15-14(8-19)16(20-3)4-5-17(15)22(18)21;1-11-4-5-13-9-21-10-15-14(8-19)16(20-3)6-7-17(15)22(21)18(13)12(11)2/h6-7,10H,9H2,1-4H3;5-7,10H,9H2,1-3H3;3*4-7,10H,9H2,1-2H3/q5*+1. The van der Waals surface area contributed by atoms with Crippen LogP contribution in [0.5, 0.6) is 0 Å². The largest absolute Gasteiger partial charge is 0.237 e. The molecular formula is C93H71N20+5. The van der Waals surface area contributed by atoms with E-state index in [9.17, 15) is 26.3 Å². The topological polar surface area (TPSA) is 185 Å². The third kappa shape index (κ3) is 10.8. The highest BCUT2D eigenvalue weighted by molar-refractivity contribution is 5.96. The van der Waals surface area contributed by atoms with E-state index in [-0.39, 0.29) is 0 Å². The van der Waals surface area contributed by atoms with Gasteiger partial charge in [0.2, 0.25) is 59.4 Å². The van der Waals surface area contributed by atoms with E-state index in [4.69, 9.17) is 32.9 Å². The van der Waals surface area contributed by atoms with Crippen LogP contribution in [0.25, 0.3) is 107 Å². The Bertz CT molecular complexity index is 7380. The van der Waals surface area contributed by atoms with Crippen LogP contribution in [0.2, 0.25) is 0 Å². The molecule has 5 aliphatic rings. The van der Waals surface area contributed by atoms with Gasteiger partial charge in [-0.15, -0.1) is 46.8 Å². The van der Waals surface area contributed by atoms with Crippen LogP contribution < -0.4 is 23.4 Å². The average molecular weight is 1470 g/mol. The van der Waals surface area contributed by atoms with E-state index >= 15 is 0 Å². The molecule has 0 amide bonds. The maximum Gasteiger partial charge on any atom is 0.205 e. The number of hydrogen-bond acceptors (Lipinski definition) is 5. The number of benzene rings is 10. The Morgan fingerprint density at radius 2 is 0.619 bits per heavy atom. The zero-order valence-electron chi connectivity index (χ0n) is 64.7. The van der Waals surface area contributed by atoms with Crippen molar-refractivity contribution in [2.24, 2.45) is 0 Å². The van der Waals surface area contributed by atoms with Crippen molar-refractivity contribution >= 4 is 83.0 Å². The summed E-state index contributed by atoms with van der Waals surface area (Å²) in [7, 11) is 0. The number of rotatable bonds is 0. The van der Waals surface area contributed by atoms with Gasteiger partial charge in [-0.3, -0.25) is 0 Å². The Labute approximate surface area is 653 Å². The van der Waals surface area contributed by atoms with Gasteiger partial charge in [0, 0.05) is 16.7 Å². The summed E-state index contributed by atoms with van der Waals surface area (Å²) in [6.45, 7) is 68.0. The molecule has 0 saturated carbocycles. The SMILES string of the molecule is [C-]#[N+]c1ccc2c(c[n+]3n2-c2c(C)c(C)c(C)c(C)c2C3)c1C#N.[C-]#[N+]c1ccc2c(c[n+]3n2-c2c(C)cc(C)cc2C3)c1C#N.[C-]#[N+]c1ccc2c(c[n+]3n2-c2c(cc(C)c(C)c2C)C3)c1C#N.[C-]#[N+]c1ccc2c(c[n+]3n2-c2c(ccc(C)c2C)C3)c1C#N.[C-]#[N+]c1ccc2c(c[n+]3n2-c2cc(C)cc(C)c2C3)c1C#N. The van der Waals surface area contributed by atoms with Gasteiger partial charge in [0.15, 0.2) is 32.7 Å². The van der Waals surface area contributed by atoms with Crippen molar-refractivity contribution < 1.29 is 23.4 Å². The van der Waals surface area contributed by atoms with E-state index in [0.29, 0.717) is 56.3 Å². The maximum absolute atomic E-state index is 9.50. The highest BCUT2D eigenvalue weighted by Crippen LogP contribution is 2.41. The lowest BCUT2D eigenvalue weighted by Crippen LogP contribution is -2.36. The quantitative estimate of drug-likeness (QED) is 0.108. The van der Waals surface area contributed by atoms with E-state index in [0.717, 1.165) is 87.2 Å². The minimum atomic E-state index is 0.417. The first-order valence-electron chi connectivity index (χ1n) is 36.8. The summed E-state index contributed by atoms with van der Waals surface area (Å²) in [5.41, 5.74) is 38.6. The fourth-order valence-corrected chi connectivity index (χ4v) is 17.6. The summed E-state index contributed by atoms with van der Waals surface area (Å²) in [5.74, 6) is 0. The zero-order valence-corrected chi connectivity index (χ0v) is 64.7. The van der Waals surface area contributed by atoms with Gasteiger partial charge in [-0.1, -0.05) is 54.1 Å². The zero-order chi connectivity index (χ0) is 79.8. The Morgan fingerprint density at radius 3 is 1.05 bits per heavy atom. The molecule has 0 saturated heterocycles. The van der Waals surface area contributed by atoms with Crippen molar-refractivity contribution in [2.45, 2.75) is 123 Å². The predicted molar refractivity (Wildman–Crippen MR) is 429 cm³/mol. The summed E-state index contributed by atoms with van der Waals surface area (Å²) >= 11 is 0. The fraction of sp³-hybridized carbons (Fsp3) is 0.194. The summed E-state index contributed by atoms with van der Waals surface area (Å²) in [6.07, 6.45) is 9.95. The number of aryl methyl sites for hydroxylation is 6. The smallest absolute Gasteiger partial charge is 0.205 e. The second-order valence-electron chi connectivity index (χ2n) is 29.7. The summed E-state index contributed by atoms with van der Waals surface area (Å²) in [6, 6.07) is 44.8. The molecule has 113 heavy (non-hydrogen) atoms. The van der Waals surface area contributed by atoms with E-state index in [1.165, 1.54) is 129 Å². The van der Waals surface area contributed by atoms with E-state index in [1.807, 2.05) is 61.3 Å². The molecule has 5 aromatic heterocycles. The molecule has 10 heterocycles. The number of fused-ring (bicyclic) bond motifs is 25. The van der Waals surface area contributed by atoms with Crippen LogP contribution in [0.1, 0.15) is 128 Å². The van der Waals surface area contributed by atoms with Gasteiger partial charge in [-0.05, 0) is 211 Å². The van der Waals surface area contributed by atoms with Crippen LogP contribution in [0, 0.1) is 180 Å². The van der Waals surface area contributed by atoms with Crippen LogP contribution in [0.3, 0.4) is 0 Å². The van der Waals surface area contributed by atoms with E-state index < -0.39 is 0 Å². The Balaban J connectivity index is 0.000000107. The highest BCUT2D eigenvalue weighted by atomic mass is 15.4. The van der Waals surface area contributed by atoms with Crippen molar-refractivity contribution in [3.8, 4) is 58.8 Å². The highest BCUT2D eigenvalue weighted by Gasteiger charge is 2.38. The molecular weight excluding hydrogens is 1400 g/mol. The Hall–Kier alpha value is -15.6. The summed E-state index contributed by atoms with van der Waals surface area (Å²) in [5, 5.41) is 51.5. The fourth-order valence-electron chi connectivity index (χ4n) is 17.6. The van der Waals surface area contributed by atoms with Crippen LogP contribution in [-0.2, 0) is 32.7 Å². The van der Waals surface area contributed by atoms with Gasteiger partial charge in [0.05, 0.1) is 129 Å². The third-order valence-electron chi connectivity index (χ3n) is 23.6. The van der Waals surface area contributed by atoms with E-state index in [1.54, 1.807) is 30.3 Å². The van der Waals surface area contributed by atoms with Crippen LogP contribution >= 0.6 is 0 Å². The lowest BCUT2D eigenvalue weighted by molar-refractivity contribution is -0.749. The molecule has 10 aromatic carbocycles. The minimum absolute atomic E-state index is 0.417. The number of hydrogen-bond donors (Lipinski definition) is 0. The first-order chi connectivity index (χ1) is 54.5. The van der Waals surface area contributed by atoms with Gasteiger partial charge in [-0.2, -0.15) is 26.3 Å². The van der Waals surface area contributed by atoms with Gasteiger partial charge >= 0.3 is 0 Å². The molecule has 0 unspecified atom stereocenters. The molecule has 538 valence electrons. The molecule has 0 atom stereocenters. The lowest BCUT2D eigenvalue weighted by atomic mass is 9.92. The van der Waals surface area contributed by atoms with Crippen molar-refractivity contribution in [1.29, 1.82) is 26.3 Å². The van der Waals surface area contributed by atoms with Crippen molar-refractivity contribution in [1.82, 2.24) is 23.4 Å². The molecule has 0 N–H and O–H groups in total. The molecule has 0 radical (unpaired) electrons. The van der Waals surface area contributed by atoms with Crippen LogP contribution in [0.4, 0.5) is 28.4 Å². The average Bonchev–Trinajstić information content (AvgIpc) is 1.60. The first kappa shape index (κ1) is 71.7. The van der Waals surface area contributed by atoms with E-state index in [2.05, 4.69) is 234 Å². The van der Waals surface area contributed by atoms with Crippen molar-refractivity contribution in [3.05, 3.63) is 319 Å². The van der Waals surface area contributed by atoms with Gasteiger partial charge in [0.25, 0.3) is 0 Å². The Kier molecular flexibility index (Phi) is 17.1. The monoisotopic (exact) mass is 1470 g/mol. The van der Waals surface area contributed by atoms with Gasteiger partial charge in [-0.25, -0.2) is 24.2 Å². The molecule has 0 bridgehead atoms. The first-order valence-corrected chi connectivity index (χ1v) is 36.8. The second-order valence-corrected chi connectivity index (χ2v) is 29.7. The normalized spacial score (nSPS) is 11.8. The minimum Gasteiger partial charge on any atom is -0.237 e. The number of nitriles is 5. The van der Waals surface area contributed by atoms with Gasteiger partial charge < -0.3 is 0 Å². The molecule has 20 rings (SSSR count). The van der Waals surface area contributed by atoms with Crippen molar-refractivity contribution in [2.75, 3.05) is 0 Å². The third-order valence-corrected chi connectivity index (χ3v) is 23.6. The maximum atomic E-state index is 9.50.